The van der Waals surface area contributed by atoms with Crippen LogP contribution >= 0.6 is 0 Å². The summed E-state index contributed by atoms with van der Waals surface area (Å²) in [6, 6.07) is 11.9. The van der Waals surface area contributed by atoms with E-state index >= 15 is 0 Å². The number of benzene rings is 2. The highest BCUT2D eigenvalue weighted by Gasteiger charge is 2.29. The third-order valence-corrected chi connectivity index (χ3v) is 6.77. The van der Waals surface area contributed by atoms with Crippen molar-refractivity contribution in [3.8, 4) is 29.4 Å². The number of nitrogens with zero attached hydrogens (tertiary/aromatic N) is 3. The first-order valence-electron chi connectivity index (χ1n) is 9.30. The Morgan fingerprint density at radius 3 is 2.23 bits per heavy atom. The molecule has 2 aromatic carbocycles. The van der Waals surface area contributed by atoms with E-state index in [1.165, 1.54) is 33.5 Å². The molecule has 0 aliphatic heterocycles. The van der Waals surface area contributed by atoms with Crippen LogP contribution in [0.3, 0.4) is 0 Å². The molecule has 0 fully saturated rings. The van der Waals surface area contributed by atoms with Crippen molar-refractivity contribution in [2.45, 2.75) is 17.2 Å². The van der Waals surface area contributed by atoms with E-state index < -0.39 is 10.0 Å². The van der Waals surface area contributed by atoms with Crippen LogP contribution in [0.1, 0.15) is 23.5 Å². The summed E-state index contributed by atoms with van der Waals surface area (Å²) in [5.74, 6) is 0.620. The van der Waals surface area contributed by atoms with Crippen molar-refractivity contribution in [3.05, 3.63) is 47.5 Å². The topological polar surface area (TPSA) is 113 Å². The molecule has 3 rings (SSSR count). The van der Waals surface area contributed by atoms with Gasteiger partial charge in [-0.1, -0.05) is 18.2 Å². The lowest BCUT2D eigenvalue weighted by Gasteiger charge is -2.23. The van der Waals surface area contributed by atoms with E-state index in [4.69, 9.17) is 19.5 Å². The maximum Gasteiger partial charge on any atom is 0.265 e. The van der Waals surface area contributed by atoms with Gasteiger partial charge in [-0.25, -0.2) is 8.42 Å². The lowest BCUT2D eigenvalue weighted by molar-refractivity contribution is 0.323. The molecular formula is C22H21N3O5S. The van der Waals surface area contributed by atoms with Gasteiger partial charge >= 0.3 is 0 Å². The van der Waals surface area contributed by atoms with Crippen LogP contribution in [0.25, 0.3) is 6.08 Å². The number of hydrogen-bond acceptors (Lipinski definition) is 7. The Morgan fingerprint density at radius 2 is 1.68 bits per heavy atom. The van der Waals surface area contributed by atoms with Crippen molar-refractivity contribution in [2.24, 2.45) is 0 Å². The molecule has 0 bridgehead atoms. The number of fused-ring (bicyclic) bond motifs is 1. The number of allylic oxidation sites excluding steroid dienone is 1. The van der Waals surface area contributed by atoms with E-state index in [9.17, 15) is 13.7 Å². The summed E-state index contributed by atoms with van der Waals surface area (Å²) in [6.07, 6.45) is 4.12. The van der Waals surface area contributed by atoms with Crippen molar-refractivity contribution in [1.82, 2.24) is 0 Å². The second-order valence-electron chi connectivity index (χ2n) is 6.67. The van der Waals surface area contributed by atoms with Crippen LogP contribution in [0.15, 0.2) is 41.3 Å². The third-order valence-electron chi connectivity index (χ3n) is 5.02. The second-order valence-corrected chi connectivity index (χ2v) is 8.53. The molecule has 1 aliphatic carbocycles. The van der Waals surface area contributed by atoms with Crippen molar-refractivity contribution >= 4 is 21.8 Å². The Labute approximate surface area is 181 Å². The summed E-state index contributed by atoms with van der Waals surface area (Å²) < 4.78 is 43.8. The Balaban J connectivity index is 2.09. The van der Waals surface area contributed by atoms with Gasteiger partial charge in [0.1, 0.15) is 6.54 Å². The Hall–Kier alpha value is -3.69. The Morgan fingerprint density at radius 1 is 1.00 bits per heavy atom. The number of methoxy groups -OCH3 is 3. The second kappa shape index (κ2) is 8.99. The van der Waals surface area contributed by atoms with Crippen LogP contribution in [-0.2, 0) is 10.0 Å². The SMILES string of the molecule is COc1cc(S(=O)(=O)N(CC#N)c2ccc3c(c2)C=CC3CC#N)cc(OC)c1OC. The van der Waals surface area contributed by atoms with E-state index in [-0.39, 0.29) is 34.6 Å². The van der Waals surface area contributed by atoms with Gasteiger partial charge in [-0.3, -0.25) is 4.31 Å². The molecule has 0 saturated heterocycles. The minimum absolute atomic E-state index is 0.0230. The zero-order valence-electron chi connectivity index (χ0n) is 17.3. The Kier molecular flexibility index (Phi) is 6.38. The molecule has 0 heterocycles. The zero-order valence-corrected chi connectivity index (χ0v) is 18.1. The summed E-state index contributed by atoms with van der Waals surface area (Å²) in [5, 5.41) is 18.3. The minimum Gasteiger partial charge on any atom is -0.493 e. The fourth-order valence-electron chi connectivity index (χ4n) is 3.51. The van der Waals surface area contributed by atoms with Gasteiger partial charge in [-0.05, 0) is 23.3 Å². The van der Waals surface area contributed by atoms with Crippen LogP contribution in [-0.4, -0.2) is 36.3 Å². The highest BCUT2D eigenvalue weighted by molar-refractivity contribution is 7.92. The highest BCUT2D eigenvalue weighted by Crippen LogP contribution is 2.41. The van der Waals surface area contributed by atoms with Crippen LogP contribution < -0.4 is 18.5 Å². The number of sulfonamides is 1. The summed E-state index contributed by atoms with van der Waals surface area (Å²) >= 11 is 0. The quantitative estimate of drug-likeness (QED) is 0.579. The monoisotopic (exact) mass is 439 g/mol. The first-order valence-corrected chi connectivity index (χ1v) is 10.7. The molecule has 2 aromatic rings. The van der Waals surface area contributed by atoms with E-state index in [0.29, 0.717) is 12.1 Å². The number of rotatable bonds is 8. The highest BCUT2D eigenvalue weighted by atomic mass is 32.2. The average Bonchev–Trinajstić information content (AvgIpc) is 3.18. The fourth-order valence-corrected chi connectivity index (χ4v) is 4.90. The summed E-state index contributed by atoms with van der Waals surface area (Å²) in [7, 11) is 0.0842. The average molecular weight is 439 g/mol. The number of nitriles is 2. The van der Waals surface area contributed by atoms with Gasteiger partial charge < -0.3 is 14.2 Å². The van der Waals surface area contributed by atoms with E-state index in [1.807, 2.05) is 18.2 Å². The summed E-state index contributed by atoms with van der Waals surface area (Å²) in [5.41, 5.74) is 2.12. The first kappa shape index (κ1) is 22.0. The molecule has 8 nitrogen and oxygen atoms in total. The molecule has 0 aromatic heterocycles. The van der Waals surface area contributed by atoms with Crippen LogP contribution in [0.5, 0.6) is 17.2 Å². The number of hydrogen-bond donors (Lipinski definition) is 0. The fraction of sp³-hybridized carbons (Fsp3) is 0.273. The normalized spacial score (nSPS) is 14.3. The van der Waals surface area contributed by atoms with Gasteiger partial charge in [0.15, 0.2) is 11.5 Å². The molecule has 1 atom stereocenters. The minimum atomic E-state index is -4.13. The first-order chi connectivity index (χ1) is 14.9. The number of ether oxygens (including phenoxy) is 3. The van der Waals surface area contributed by atoms with E-state index in [1.54, 1.807) is 18.2 Å². The molecule has 0 amide bonds. The van der Waals surface area contributed by atoms with Gasteiger partial charge in [0.25, 0.3) is 10.0 Å². The molecule has 0 saturated carbocycles. The maximum absolute atomic E-state index is 13.5. The zero-order chi connectivity index (χ0) is 22.6. The lowest BCUT2D eigenvalue weighted by Crippen LogP contribution is -2.31. The molecular weight excluding hydrogens is 418 g/mol. The molecule has 1 unspecified atom stereocenters. The standard InChI is InChI=1S/C22H21N3O5S/c1-28-20-13-18(14-21(29-2)22(20)30-3)31(26,27)25(11-10-24)17-6-7-19-15(8-9-23)4-5-16(19)12-17/h4-7,12-15H,8,11H2,1-3H3. The number of anilines is 1. The molecule has 0 N–H and O–H groups in total. The molecule has 31 heavy (non-hydrogen) atoms. The van der Waals surface area contributed by atoms with Crippen molar-refractivity contribution < 1.29 is 22.6 Å². The van der Waals surface area contributed by atoms with Crippen molar-refractivity contribution in [1.29, 1.82) is 10.5 Å². The van der Waals surface area contributed by atoms with Gasteiger partial charge in [0.05, 0.1) is 44.1 Å². The van der Waals surface area contributed by atoms with Gasteiger partial charge in [-0.2, -0.15) is 10.5 Å². The van der Waals surface area contributed by atoms with Gasteiger partial charge in [-0.15, -0.1) is 0 Å². The maximum atomic E-state index is 13.5. The molecule has 1 aliphatic rings. The smallest absolute Gasteiger partial charge is 0.265 e. The predicted octanol–water partition coefficient (Wildman–Crippen LogP) is 3.46. The van der Waals surface area contributed by atoms with Gasteiger partial charge in [0.2, 0.25) is 5.75 Å². The molecule has 160 valence electrons. The molecule has 9 heteroatoms. The van der Waals surface area contributed by atoms with Crippen molar-refractivity contribution in [2.75, 3.05) is 32.2 Å². The van der Waals surface area contributed by atoms with Crippen LogP contribution in [0.2, 0.25) is 0 Å². The summed E-state index contributed by atoms with van der Waals surface area (Å²) in [4.78, 5) is -0.101. The van der Waals surface area contributed by atoms with E-state index in [0.717, 1.165) is 15.4 Å². The van der Waals surface area contributed by atoms with Crippen molar-refractivity contribution in [3.63, 3.8) is 0 Å². The summed E-state index contributed by atoms with van der Waals surface area (Å²) in [6.45, 7) is -0.386. The van der Waals surface area contributed by atoms with Gasteiger partial charge in [0, 0.05) is 24.5 Å². The molecule has 0 spiro atoms. The predicted molar refractivity (Wildman–Crippen MR) is 115 cm³/mol. The van der Waals surface area contributed by atoms with Crippen LogP contribution in [0, 0.1) is 22.7 Å². The molecule has 0 radical (unpaired) electrons. The van der Waals surface area contributed by atoms with Crippen LogP contribution in [0.4, 0.5) is 5.69 Å². The largest absolute Gasteiger partial charge is 0.493 e. The van der Waals surface area contributed by atoms with E-state index in [2.05, 4.69) is 6.07 Å². The lowest BCUT2D eigenvalue weighted by atomic mass is 9.98. The Bertz CT molecular complexity index is 1180. The third kappa shape index (κ3) is 4.00.